The minimum absolute atomic E-state index is 0.0928. The van der Waals surface area contributed by atoms with E-state index < -0.39 is 20.0 Å². The summed E-state index contributed by atoms with van der Waals surface area (Å²) in [5, 5.41) is 2.78. The highest BCUT2D eigenvalue weighted by atomic mass is 32.2. The zero-order valence-electron chi connectivity index (χ0n) is 18.0. The number of nitrogens with zero attached hydrogens (tertiary/aromatic N) is 1. The highest BCUT2D eigenvalue weighted by molar-refractivity contribution is 7.89. The monoisotopic (exact) mass is 479 g/mol. The van der Waals surface area contributed by atoms with Crippen LogP contribution in [0.15, 0.2) is 64.4 Å². The lowest BCUT2D eigenvalue weighted by Gasteiger charge is -2.30. The molecule has 3 rings (SSSR count). The Labute approximate surface area is 190 Å². The fraction of sp³-hybridized carbons (Fsp3) is 0.409. The number of hydrogen-bond donors (Lipinski definition) is 2. The Morgan fingerprint density at radius 2 is 1.62 bits per heavy atom. The normalized spacial score (nSPS) is 16.0. The van der Waals surface area contributed by atoms with Gasteiger partial charge in [-0.3, -0.25) is 4.79 Å². The molecule has 1 aliphatic rings. The van der Waals surface area contributed by atoms with Crippen molar-refractivity contribution in [3.8, 4) is 0 Å². The molecule has 1 aliphatic heterocycles. The second-order valence-corrected chi connectivity index (χ2v) is 11.5. The van der Waals surface area contributed by atoms with Crippen LogP contribution in [0.2, 0.25) is 0 Å². The SMILES string of the molecule is CCCCNS(=O)(=O)c1cccc(NC(=O)C2CCN(S(=O)(=O)c3ccccc3)CC2)c1. The number of piperidine rings is 1. The van der Waals surface area contributed by atoms with E-state index >= 15 is 0 Å². The first kappa shape index (κ1) is 24.4. The molecular formula is C22H29N3O5S2. The molecule has 1 fully saturated rings. The number of nitrogens with one attached hydrogen (secondary N) is 2. The summed E-state index contributed by atoms with van der Waals surface area (Å²) in [4.78, 5) is 13.1. The number of amides is 1. The molecule has 1 heterocycles. The summed E-state index contributed by atoms with van der Waals surface area (Å²) < 4.78 is 54.3. The van der Waals surface area contributed by atoms with Crippen molar-refractivity contribution >= 4 is 31.6 Å². The molecule has 0 unspecified atom stereocenters. The molecule has 0 saturated carbocycles. The molecule has 1 saturated heterocycles. The summed E-state index contributed by atoms with van der Waals surface area (Å²) in [5.41, 5.74) is 0.396. The fourth-order valence-corrected chi connectivity index (χ4v) is 6.16. The van der Waals surface area contributed by atoms with Crippen molar-refractivity contribution in [1.82, 2.24) is 9.03 Å². The van der Waals surface area contributed by atoms with Gasteiger partial charge in [-0.2, -0.15) is 4.31 Å². The first-order valence-corrected chi connectivity index (χ1v) is 13.6. The molecule has 1 amide bonds. The molecule has 0 aromatic heterocycles. The summed E-state index contributed by atoms with van der Waals surface area (Å²) in [5.74, 6) is -0.588. The Kier molecular flexibility index (Phi) is 8.05. The van der Waals surface area contributed by atoms with E-state index in [4.69, 9.17) is 0 Å². The molecule has 2 aromatic carbocycles. The number of sulfonamides is 2. The molecule has 0 spiro atoms. The highest BCUT2D eigenvalue weighted by Crippen LogP contribution is 2.25. The first-order chi connectivity index (χ1) is 15.2. The van der Waals surface area contributed by atoms with Gasteiger partial charge < -0.3 is 5.32 Å². The van der Waals surface area contributed by atoms with Crippen LogP contribution in [-0.4, -0.2) is 46.7 Å². The zero-order chi connectivity index (χ0) is 23.2. The minimum Gasteiger partial charge on any atom is -0.326 e. The number of benzene rings is 2. The third-order valence-corrected chi connectivity index (χ3v) is 8.81. The summed E-state index contributed by atoms with van der Waals surface area (Å²) in [6, 6.07) is 14.4. The smallest absolute Gasteiger partial charge is 0.243 e. The summed E-state index contributed by atoms with van der Waals surface area (Å²) in [6.45, 7) is 2.85. The van der Waals surface area contributed by atoms with Crippen LogP contribution in [0.1, 0.15) is 32.6 Å². The van der Waals surface area contributed by atoms with Gasteiger partial charge in [0.15, 0.2) is 0 Å². The number of carbonyl (C=O) groups excluding carboxylic acids is 1. The largest absolute Gasteiger partial charge is 0.326 e. The van der Waals surface area contributed by atoms with E-state index in [1.807, 2.05) is 6.92 Å². The van der Waals surface area contributed by atoms with Gasteiger partial charge >= 0.3 is 0 Å². The Hall–Kier alpha value is -2.27. The van der Waals surface area contributed by atoms with E-state index in [9.17, 15) is 21.6 Å². The van der Waals surface area contributed by atoms with Crippen LogP contribution < -0.4 is 10.0 Å². The number of unbranched alkanes of at least 4 members (excludes halogenated alkanes) is 1. The molecule has 0 radical (unpaired) electrons. The summed E-state index contributed by atoms with van der Waals surface area (Å²) in [7, 11) is -7.21. The van der Waals surface area contributed by atoms with Crippen molar-refractivity contribution in [3.05, 3.63) is 54.6 Å². The topological polar surface area (TPSA) is 113 Å². The van der Waals surface area contributed by atoms with Crippen LogP contribution in [0.25, 0.3) is 0 Å². The molecule has 10 heteroatoms. The quantitative estimate of drug-likeness (QED) is 0.537. The van der Waals surface area contributed by atoms with Gasteiger partial charge in [0.25, 0.3) is 0 Å². The van der Waals surface area contributed by atoms with Crippen molar-refractivity contribution in [2.75, 3.05) is 25.0 Å². The molecular weight excluding hydrogens is 450 g/mol. The van der Waals surface area contributed by atoms with Gasteiger partial charge in [-0.15, -0.1) is 0 Å². The van der Waals surface area contributed by atoms with Crippen LogP contribution in [-0.2, 0) is 24.8 Å². The van der Waals surface area contributed by atoms with E-state index in [-0.39, 0.29) is 34.7 Å². The number of carbonyl (C=O) groups is 1. The van der Waals surface area contributed by atoms with E-state index in [0.29, 0.717) is 25.1 Å². The third-order valence-electron chi connectivity index (χ3n) is 5.44. The fourth-order valence-electron chi connectivity index (χ4n) is 3.55. The van der Waals surface area contributed by atoms with Crippen LogP contribution >= 0.6 is 0 Å². The van der Waals surface area contributed by atoms with Crippen molar-refractivity contribution in [2.24, 2.45) is 5.92 Å². The molecule has 0 aliphatic carbocycles. The number of rotatable bonds is 9. The summed E-state index contributed by atoms with van der Waals surface area (Å²) >= 11 is 0. The molecule has 0 atom stereocenters. The number of hydrogen-bond acceptors (Lipinski definition) is 5. The lowest BCUT2D eigenvalue weighted by Crippen LogP contribution is -2.41. The Morgan fingerprint density at radius 3 is 2.28 bits per heavy atom. The van der Waals surface area contributed by atoms with Gasteiger partial charge in [0.2, 0.25) is 26.0 Å². The van der Waals surface area contributed by atoms with Crippen molar-refractivity contribution in [2.45, 2.75) is 42.4 Å². The Balaban J connectivity index is 1.60. The molecule has 174 valence electrons. The Morgan fingerprint density at radius 1 is 0.969 bits per heavy atom. The molecule has 8 nitrogen and oxygen atoms in total. The molecule has 32 heavy (non-hydrogen) atoms. The molecule has 2 aromatic rings. The van der Waals surface area contributed by atoms with E-state index in [1.165, 1.54) is 16.4 Å². The van der Waals surface area contributed by atoms with E-state index in [0.717, 1.165) is 12.8 Å². The van der Waals surface area contributed by atoms with Gasteiger partial charge in [-0.1, -0.05) is 37.6 Å². The van der Waals surface area contributed by atoms with Crippen LogP contribution in [0.5, 0.6) is 0 Å². The first-order valence-electron chi connectivity index (χ1n) is 10.7. The standard InChI is InChI=1S/C22H29N3O5S2/c1-2-3-14-23-31(27,28)21-11-7-8-19(17-21)24-22(26)18-12-15-25(16-13-18)32(29,30)20-9-5-4-6-10-20/h4-11,17-18,23H,2-3,12-16H2,1H3,(H,24,26). The Bertz CT molecular complexity index is 1130. The second kappa shape index (κ2) is 10.6. The van der Waals surface area contributed by atoms with Gasteiger partial charge in [-0.25, -0.2) is 21.6 Å². The summed E-state index contributed by atoms with van der Waals surface area (Å²) in [6.07, 6.45) is 2.42. The average molecular weight is 480 g/mol. The van der Waals surface area contributed by atoms with Crippen LogP contribution in [0.3, 0.4) is 0 Å². The second-order valence-electron chi connectivity index (χ2n) is 7.76. The lowest BCUT2D eigenvalue weighted by molar-refractivity contribution is -0.120. The third kappa shape index (κ3) is 5.94. The minimum atomic E-state index is -3.64. The van der Waals surface area contributed by atoms with Gasteiger partial charge in [0.05, 0.1) is 9.79 Å². The average Bonchev–Trinajstić information content (AvgIpc) is 2.80. The molecule has 0 bridgehead atoms. The van der Waals surface area contributed by atoms with E-state index in [1.54, 1.807) is 42.5 Å². The van der Waals surface area contributed by atoms with Crippen molar-refractivity contribution < 1.29 is 21.6 Å². The predicted molar refractivity (Wildman–Crippen MR) is 123 cm³/mol. The van der Waals surface area contributed by atoms with Crippen LogP contribution in [0, 0.1) is 5.92 Å². The lowest BCUT2D eigenvalue weighted by atomic mass is 9.97. The number of anilines is 1. The molecule has 2 N–H and O–H groups in total. The van der Waals surface area contributed by atoms with Crippen molar-refractivity contribution in [1.29, 1.82) is 0 Å². The maximum atomic E-state index is 12.7. The van der Waals surface area contributed by atoms with Gasteiger partial charge in [0, 0.05) is 31.2 Å². The van der Waals surface area contributed by atoms with E-state index in [2.05, 4.69) is 10.0 Å². The van der Waals surface area contributed by atoms with Gasteiger partial charge in [-0.05, 0) is 49.6 Å². The maximum absolute atomic E-state index is 12.7. The maximum Gasteiger partial charge on any atom is 0.243 e. The van der Waals surface area contributed by atoms with Gasteiger partial charge in [0.1, 0.15) is 0 Å². The predicted octanol–water partition coefficient (Wildman–Crippen LogP) is 2.80. The zero-order valence-corrected chi connectivity index (χ0v) is 19.7. The van der Waals surface area contributed by atoms with Crippen LogP contribution in [0.4, 0.5) is 5.69 Å². The highest BCUT2D eigenvalue weighted by Gasteiger charge is 2.32. The van der Waals surface area contributed by atoms with Crippen molar-refractivity contribution in [3.63, 3.8) is 0 Å².